The zero-order valence-electron chi connectivity index (χ0n) is 10.6. The van der Waals surface area contributed by atoms with Crippen LogP contribution < -0.4 is 15.4 Å². The van der Waals surface area contributed by atoms with Gasteiger partial charge >= 0.3 is 6.03 Å². The van der Waals surface area contributed by atoms with Crippen LogP contribution in [-0.2, 0) is 4.74 Å². The first kappa shape index (κ1) is 14.8. The van der Waals surface area contributed by atoms with Crippen molar-refractivity contribution in [3.63, 3.8) is 0 Å². The number of hydrogen-bond acceptors (Lipinski definition) is 3. The van der Waals surface area contributed by atoms with Gasteiger partial charge in [-0.1, -0.05) is 0 Å². The van der Waals surface area contributed by atoms with Gasteiger partial charge in [0.05, 0.1) is 24.2 Å². The maximum Gasteiger partial charge on any atom is 0.319 e. The van der Waals surface area contributed by atoms with E-state index < -0.39 is 0 Å². The number of benzene rings is 1. The molecule has 0 fully saturated rings. The molecule has 0 bridgehead atoms. The van der Waals surface area contributed by atoms with E-state index in [1.807, 2.05) is 13.0 Å². The number of amides is 2. The molecule has 2 N–H and O–H groups in total. The van der Waals surface area contributed by atoms with Crippen LogP contribution in [0, 0.1) is 0 Å². The molecule has 0 heterocycles. The Morgan fingerprint density at radius 3 is 2.78 bits per heavy atom. The molecule has 0 aliphatic carbocycles. The molecular formula is C12H17BrN2O3. The van der Waals surface area contributed by atoms with E-state index in [0.717, 1.165) is 4.47 Å². The number of ether oxygens (including phenoxy) is 2. The fraction of sp³-hybridized carbons (Fsp3) is 0.417. The van der Waals surface area contributed by atoms with E-state index in [0.29, 0.717) is 18.0 Å². The average molecular weight is 317 g/mol. The highest BCUT2D eigenvalue weighted by Gasteiger charge is 2.08. The lowest BCUT2D eigenvalue weighted by Gasteiger charge is -2.14. The lowest BCUT2D eigenvalue weighted by atomic mass is 10.3. The van der Waals surface area contributed by atoms with E-state index in [-0.39, 0.29) is 12.1 Å². The molecule has 1 rings (SSSR count). The summed E-state index contributed by atoms with van der Waals surface area (Å²) in [5, 5.41) is 5.48. The van der Waals surface area contributed by atoms with Crippen molar-refractivity contribution < 1.29 is 14.3 Å². The highest BCUT2D eigenvalue weighted by molar-refractivity contribution is 9.10. The molecule has 0 saturated carbocycles. The molecule has 0 aliphatic rings. The second-order valence-electron chi connectivity index (χ2n) is 3.80. The Hall–Kier alpha value is -1.27. The van der Waals surface area contributed by atoms with Gasteiger partial charge in [0.2, 0.25) is 0 Å². The van der Waals surface area contributed by atoms with Crippen molar-refractivity contribution in [3.8, 4) is 5.75 Å². The summed E-state index contributed by atoms with van der Waals surface area (Å²) in [6, 6.07) is 5.02. The van der Waals surface area contributed by atoms with E-state index in [2.05, 4.69) is 26.6 Å². The third kappa shape index (κ3) is 4.54. The summed E-state index contributed by atoms with van der Waals surface area (Å²) in [5.74, 6) is 0.665. The number of methoxy groups -OCH3 is 2. The standard InChI is InChI=1S/C12H17BrN2O3/c1-8(7-17-2)14-12(16)15-9-4-5-10(13)11(6-9)18-3/h4-6,8H,7H2,1-3H3,(H2,14,15,16)/t8-/m0/s1. The van der Waals surface area contributed by atoms with Crippen molar-refractivity contribution in [2.75, 3.05) is 26.1 Å². The molecule has 0 unspecified atom stereocenters. The molecule has 100 valence electrons. The normalized spacial score (nSPS) is 11.8. The summed E-state index contributed by atoms with van der Waals surface area (Å²) >= 11 is 3.35. The van der Waals surface area contributed by atoms with Gasteiger partial charge in [-0.2, -0.15) is 0 Å². The van der Waals surface area contributed by atoms with Gasteiger partial charge in [0, 0.05) is 18.9 Å². The van der Waals surface area contributed by atoms with Crippen LogP contribution in [0.1, 0.15) is 6.92 Å². The van der Waals surface area contributed by atoms with Crippen molar-refractivity contribution in [1.82, 2.24) is 5.32 Å². The zero-order chi connectivity index (χ0) is 13.5. The molecule has 5 nitrogen and oxygen atoms in total. The van der Waals surface area contributed by atoms with Gasteiger partial charge in [-0.05, 0) is 35.0 Å². The van der Waals surface area contributed by atoms with Crippen LogP contribution in [0.5, 0.6) is 5.75 Å². The van der Waals surface area contributed by atoms with Crippen LogP contribution >= 0.6 is 15.9 Å². The monoisotopic (exact) mass is 316 g/mol. The summed E-state index contributed by atoms with van der Waals surface area (Å²) in [6.45, 7) is 2.34. The Labute approximate surface area is 115 Å². The molecule has 18 heavy (non-hydrogen) atoms. The van der Waals surface area contributed by atoms with Crippen LogP contribution in [0.15, 0.2) is 22.7 Å². The van der Waals surface area contributed by atoms with Gasteiger partial charge in [-0.15, -0.1) is 0 Å². The fourth-order valence-corrected chi connectivity index (χ4v) is 1.83. The maximum atomic E-state index is 11.7. The molecule has 0 saturated heterocycles. The Morgan fingerprint density at radius 1 is 1.44 bits per heavy atom. The molecule has 1 aromatic rings. The van der Waals surface area contributed by atoms with Crippen LogP contribution in [0.3, 0.4) is 0 Å². The molecule has 1 aromatic carbocycles. The van der Waals surface area contributed by atoms with Gasteiger partial charge in [-0.25, -0.2) is 4.79 Å². The smallest absolute Gasteiger partial charge is 0.319 e. The van der Waals surface area contributed by atoms with E-state index in [1.165, 1.54) is 0 Å². The topological polar surface area (TPSA) is 59.6 Å². The van der Waals surface area contributed by atoms with Gasteiger partial charge in [0.1, 0.15) is 5.75 Å². The third-order valence-corrected chi connectivity index (χ3v) is 2.86. The highest BCUT2D eigenvalue weighted by Crippen LogP contribution is 2.27. The van der Waals surface area contributed by atoms with Crippen LogP contribution in [0.4, 0.5) is 10.5 Å². The molecule has 0 aliphatic heterocycles. The zero-order valence-corrected chi connectivity index (χ0v) is 12.2. The second-order valence-corrected chi connectivity index (χ2v) is 4.66. The number of urea groups is 1. The number of halogens is 1. The molecule has 0 radical (unpaired) electrons. The van der Waals surface area contributed by atoms with Crippen molar-refractivity contribution in [3.05, 3.63) is 22.7 Å². The molecule has 0 spiro atoms. The minimum Gasteiger partial charge on any atom is -0.495 e. The Balaban J connectivity index is 2.59. The molecule has 2 amide bonds. The van der Waals surface area contributed by atoms with Crippen LogP contribution in [0.25, 0.3) is 0 Å². The quantitative estimate of drug-likeness (QED) is 0.878. The Bertz CT molecular complexity index is 412. The number of carbonyl (C=O) groups is 1. The second kappa shape index (κ2) is 7.23. The summed E-state index contributed by atoms with van der Waals surface area (Å²) in [6.07, 6.45) is 0. The summed E-state index contributed by atoms with van der Waals surface area (Å²) < 4.78 is 10.9. The van der Waals surface area contributed by atoms with Gasteiger partial charge in [-0.3, -0.25) is 0 Å². The van der Waals surface area contributed by atoms with Gasteiger partial charge in [0.15, 0.2) is 0 Å². The first-order valence-corrected chi connectivity index (χ1v) is 6.26. The molecule has 6 heteroatoms. The minimum atomic E-state index is -0.274. The summed E-state index contributed by atoms with van der Waals surface area (Å²) in [7, 11) is 3.17. The number of anilines is 1. The SMILES string of the molecule is COC[C@H](C)NC(=O)Nc1ccc(Br)c(OC)c1. The fourth-order valence-electron chi connectivity index (χ4n) is 1.42. The lowest BCUT2D eigenvalue weighted by molar-refractivity contribution is 0.173. The highest BCUT2D eigenvalue weighted by atomic mass is 79.9. The predicted octanol–water partition coefficient (Wildman–Crippen LogP) is 2.61. The Kier molecular flexibility index (Phi) is 5.94. The third-order valence-electron chi connectivity index (χ3n) is 2.20. The van der Waals surface area contributed by atoms with Gasteiger partial charge in [0.25, 0.3) is 0 Å². The predicted molar refractivity (Wildman–Crippen MR) is 74.2 cm³/mol. The van der Waals surface area contributed by atoms with E-state index >= 15 is 0 Å². The van der Waals surface area contributed by atoms with Crippen molar-refractivity contribution in [2.45, 2.75) is 13.0 Å². The van der Waals surface area contributed by atoms with E-state index in [9.17, 15) is 4.79 Å². The van der Waals surface area contributed by atoms with Crippen molar-refractivity contribution in [2.24, 2.45) is 0 Å². The van der Waals surface area contributed by atoms with E-state index in [1.54, 1.807) is 26.4 Å². The number of nitrogens with one attached hydrogen (secondary N) is 2. The Morgan fingerprint density at radius 2 is 2.17 bits per heavy atom. The van der Waals surface area contributed by atoms with Gasteiger partial charge < -0.3 is 20.1 Å². The average Bonchev–Trinajstić information content (AvgIpc) is 2.31. The van der Waals surface area contributed by atoms with Crippen molar-refractivity contribution >= 4 is 27.6 Å². The summed E-state index contributed by atoms with van der Waals surface area (Å²) in [5.41, 5.74) is 0.664. The first-order valence-electron chi connectivity index (χ1n) is 5.46. The minimum absolute atomic E-state index is 0.0488. The van der Waals surface area contributed by atoms with Crippen LogP contribution in [0.2, 0.25) is 0 Å². The number of carbonyl (C=O) groups excluding carboxylic acids is 1. The number of hydrogen-bond donors (Lipinski definition) is 2. The maximum absolute atomic E-state index is 11.7. The first-order chi connectivity index (χ1) is 8.56. The van der Waals surface area contributed by atoms with Crippen LogP contribution in [-0.4, -0.2) is 32.9 Å². The number of rotatable bonds is 5. The largest absolute Gasteiger partial charge is 0.495 e. The lowest BCUT2D eigenvalue weighted by Crippen LogP contribution is -2.38. The molecule has 1 atom stereocenters. The summed E-state index contributed by atoms with van der Waals surface area (Å²) in [4.78, 5) is 11.7. The van der Waals surface area contributed by atoms with E-state index in [4.69, 9.17) is 9.47 Å². The van der Waals surface area contributed by atoms with Crippen molar-refractivity contribution in [1.29, 1.82) is 0 Å². The molecule has 0 aromatic heterocycles. The molecular weight excluding hydrogens is 300 g/mol.